The number of aromatic amines is 1. The second-order valence-corrected chi connectivity index (χ2v) is 2.32. The van der Waals surface area contributed by atoms with E-state index < -0.39 is 0 Å². The van der Waals surface area contributed by atoms with Crippen molar-refractivity contribution in [1.82, 2.24) is 10.2 Å². The van der Waals surface area contributed by atoms with Gasteiger partial charge in [0.2, 0.25) is 0 Å². The molecule has 1 aromatic heterocycles. The first-order valence-corrected chi connectivity index (χ1v) is 3.75. The van der Waals surface area contributed by atoms with Crippen LogP contribution in [0, 0.1) is 0 Å². The Balaban J connectivity index is 0.000000396. The molecule has 0 aliphatic heterocycles. The van der Waals surface area contributed by atoms with Crippen LogP contribution in [0.3, 0.4) is 0 Å². The lowest BCUT2D eigenvalue weighted by molar-refractivity contribution is 0.415. The minimum Gasteiger partial charge on any atom is -0.497 e. The molecule has 70 valence electrons. The number of methoxy groups -OCH3 is 1. The summed E-state index contributed by atoms with van der Waals surface area (Å²) in [4.78, 5) is 0. The number of fused-ring (bicyclic) bond motifs is 1. The highest BCUT2D eigenvalue weighted by atomic mass is 19.1. The summed E-state index contributed by atoms with van der Waals surface area (Å²) in [5, 5.41) is 7.83. The molecule has 0 fully saturated rings. The van der Waals surface area contributed by atoms with E-state index >= 15 is 0 Å². The minimum absolute atomic E-state index is 0.500. The average Bonchev–Trinajstić information content (AvgIpc) is 2.67. The maximum absolute atomic E-state index is 9.50. The third-order valence-corrected chi connectivity index (χ3v) is 1.65. The fourth-order valence-electron chi connectivity index (χ4n) is 1.05. The quantitative estimate of drug-likeness (QED) is 0.733. The van der Waals surface area contributed by atoms with E-state index in [0.29, 0.717) is 7.18 Å². The van der Waals surface area contributed by atoms with Gasteiger partial charge in [-0.05, 0) is 18.2 Å². The fourth-order valence-corrected chi connectivity index (χ4v) is 1.05. The number of benzene rings is 1. The van der Waals surface area contributed by atoms with Gasteiger partial charge in [-0.3, -0.25) is 9.49 Å². The van der Waals surface area contributed by atoms with Crippen LogP contribution in [0.25, 0.3) is 10.9 Å². The molecule has 0 saturated carbocycles. The van der Waals surface area contributed by atoms with Crippen molar-refractivity contribution < 1.29 is 9.13 Å². The zero-order valence-corrected chi connectivity index (χ0v) is 7.54. The molecular weight excluding hydrogens is 171 g/mol. The van der Waals surface area contributed by atoms with E-state index in [1.54, 1.807) is 13.3 Å². The van der Waals surface area contributed by atoms with Gasteiger partial charge in [0, 0.05) is 5.39 Å². The number of hydrogen-bond donors (Lipinski definition) is 1. The van der Waals surface area contributed by atoms with Crippen molar-refractivity contribution in [3.63, 3.8) is 0 Å². The number of nitrogens with one attached hydrogen (secondary N) is 1. The first-order chi connectivity index (χ1) is 6.40. The van der Waals surface area contributed by atoms with E-state index in [0.717, 1.165) is 16.7 Å². The number of alkyl halides is 1. The Bertz CT molecular complexity index is 372. The highest BCUT2D eigenvalue weighted by molar-refractivity contribution is 5.79. The third-order valence-electron chi connectivity index (χ3n) is 1.65. The molecule has 0 atom stereocenters. The summed E-state index contributed by atoms with van der Waals surface area (Å²) in [5.74, 6) is 0.860. The molecule has 2 aromatic rings. The monoisotopic (exact) mass is 182 g/mol. The second-order valence-electron chi connectivity index (χ2n) is 2.32. The van der Waals surface area contributed by atoms with E-state index in [9.17, 15) is 4.39 Å². The van der Waals surface area contributed by atoms with Crippen LogP contribution in [-0.2, 0) is 0 Å². The van der Waals surface area contributed by atoms with Crippen molar-refractivity contribution in [3.05, 3.63) is 24.4 Å². The SMILES string of the molecule is CF.COc1ccc2[nH]ncc2c1. The van der Waals surface area contributed by atoms with Crippen molar-refractivity contribution >= 4 is 10.9 Å². The molecule has 0 aliphatic carbocycles. The lowest BCUT2D eigenvalue weighted by Crippen LogP contribution is -1.80. The molecule has 0 spiro atoms. The van der Waals surface area contributed by atoms with Gasteiger partial charge in [0.05, 0.1) is 26.0 Å². The van der Waals surface area contributed by atoms with Crippen molar-refractivity contribution in [2.24, 2.45) is 0 Å². The molecule has 0 amide bonds. The number of aromatic nitrogens is 2. The molecule has 0 bridgehead atoms. The molecule has 0 radical (unpaired) electrons. The summed E-state index contributed by atoms with van der Waals surface area (Å²) < 4.78 is 14.6. The van der Waals surface area contributed by atoms with Crippen LogP contribution in [-0.4, -0.2) is 24.5 Å². The summed E-state index contributed by atoms with van der Waals surface area (Å²) in [7, 11) is 2.15. The number of ether oxygens (including phenoxy) is 1. The number of hydrogen-bond acceptors (Lipinski definition) is 2. The van der Waals surface area contributed by atoms with Gasteiger partial charge in [0.1, 0.15) is 5.75 Å². The van der Waals surface area contributed by atoms with E-state index in [4.69, 9.17) is 4.74 Å². The molecule has 0 unspecified atom stereocenters. The number of halogens is 1. The molecule has 2 rings (SSSR count). The van der Waals surface area contributed by atoms with Gasteiger partial charge in [-0.25, -0.2) is 0 Å². The molecule has 0 saturated heterocycles. The topological polar surface area (TPSA) is 37.9 Å². The zero-order valence-electron chi connectivity index (χ0n) is 7.54. The maximum Gasteiger partial charge on any atom is 0.119 e. The molecule has 4 heteroatoms. The van der Waals surface area contributed by atoms with Gasteiger partial charge >= 0.3 is 0 Å². The summed E-state index contributed by atoms with van der Waals surface area (Å²) in [6.07, 6.45) is 1.78. The first-order valence-electron chi connectivity index (χ1n) is 3.75. The lowest BCUT2D eigenvalue weighted by Gasteiger charge is -1.96. The van der Waals surface area contributed by atoms with Crippen LogP contribution in [0.4, 0.5) is 4.39 Å². The van der Waals surface area contributed by atoms with Gasteiger partial charge < -0.3 is 4.74 Å². The molecular formula is C9H11FN2O. The Kier molecular flexibility index (Phi) is 3.25. The van der Waals surface area contributed by atoms with Crippen LogP contribution >= 0.6 is 0 Å². The van der Waals surface area contributed by atoms with Gasteiger partial charge in [0.15, 0.2) is 0 Å². The normalized spacial score (nSPS) is 9.15. The summed E-state index contributed by atoms with van der Waals surface area (Å²) >= 11 is 0. The summed E-state index contributed by atoms with van der Waals surface area (Å²) in [5.41, 5.74) is 1.03. The zero-order chi connectivity index (χ0) is 9.68. The van der Waals surface area contributed by atoms with E-state index in [1.165, 1.54) is 0 Å². The van der Waals surface area contributed by atoms with Crippen molar-refractivity contribution in [1.29, 1.82) is 0 Å². The Labute approximate surface area is 75.5 Å². The predicted octanol–water partition coefficient (Wildman–Crippen LogP) is 2.16. The lowest BCUT2D eigenvalue weighted by atomic mass is 10.2. The average molecular weight is 182 g/mol. The van der Waals surface area contributed by atoms with Crippen LogP contribution in [0.15, 0.2) is 24.4 Å². The molecule has 1 heterocycles. The van der Waals surface area contributed by atoms with Crippen molar-refractivity contribution in [2.45, 2.75) is 0 Å². The van der Waals surface area contributed by atoms with Gasteiger partial charge in [0.25, 0.3) is 0 Å². The second kappa shape index (κ2) is 4.45. The summed E-state index contributed by atoms with van der Waals surface area (Å²) in [6, 6.07) is 5.79. The van der Waals surface area contributed by atoms with Crippen LogP contribution < -0.4 is 4.74 Å². The van der Waals surface area contributed by atoms with E-state index in [2.05, 4.69) is 10.2 Å². The van der Waals surface area contributed by atoms with Gasteiger partial charge in [-0.1, -0.05) is 0 Å². The van der Waals surface area contributed by atoms with Crippen LogP contribution in [0.1, 0.15) is 0 Å². The standard InChI is InChI=1S/C8H8N2O.CH3F/c1-11-7-2-3-8-6(4-7)5-9-10-8;1-2/h2-5H,1H3,(H,9,10);1H3. The molecule has 0 aliphatic rings. The van der Waals surface area contributed by atoms with Crippen molar-refractivity contribution in [2.75, 3.05) is 14.3 Å². The van der Waals surface area contributed by atoms with Crippen molar-refractivity contribution in [3.8, 4) is 5.75 Å². The van der Waals surface area contributed by atoms with Crippen LogP contribution in [0.5, 0.6) is 5.75 Å². The molecule has 3 nitrogen and oxygen atoms in total. The molecule has 13 heavy (non-hydrogen) atoms. The van der Waals surface area contributed by atoms with Crippen LogP contribution in [0.2, 0.25) is 0 Å². The minimum atomic E-state index is 0.500. The maximum atomic E-state index is 9.50. The Morgan fingerprint density at radius 1 is 1.38 bits per heavy atom. The Hall–Kier alpha value is -1.58. The highest BCUT2D eigenvalue weighted by Gasteiger charge is 1.95. The number of nitrogens with zero attached hydrogens (tertiary/aromatic N) is 1. The van der Waals surface area contributed by atoms with E-state index in [-0.39, 0.29) is 0 Å². The summed E-state index contributed by atoms with van der Waals surface area (Å²) in [6.45, 7) is 0. The van der Waals surface area contributed by atoms with Gasteiger partial charge in [-0.2, -0.15) is 5.10 Å². The number of rotatable bonds is 1. The fraction of sp³-hybridized carbons (Fsp3) is 0.222. The molecule has 1 aromatic carbocycles. The van der Waals surface area contributed by atoms with Gasteiger partial charge in [-0.15, -0.1) is 0 Å². The Morgan fingerprint density at radius 2 is 2.15 bits per heavy atom. The Morgan fingerprint density at radius 3 is 2.85 bits per heavy atom. The smallest absolute Gasteiger partial charge is 0.119 e. The van der Waals surface area contributed by atoms with E-state index in [1.807, 2.05) is 18.2 Å². The third kappa shape index (κ3) is 1.96. The number of H-pyrrole nitrogens is 1. The predicted molar refractivity (Wildman–Crippen MR) is 49.7 cm³/mol. The molecule has 1 N–H and O–H groups in total. The largest absolute Gasteiger partial charge is 0.497 e. The highest BCUT2D eigenvalue weighted by Crippen LogP contribution is 2.17. The first kappa shape index (κ1) is 9.51.